The highest BCUT2D eigenvalue weighted by atomic mass is 16.5. The smallest absolute Gasteiger partial charge is 0.119 e. The highest BCUT2D eigenvalue weighted by molar-refractivity contribution is 5.35. The summed E-state index contributed by atoms with van der Waals surface area (Å²) in [5, 5.41) is 3.76. The van der Waals surface area contributed by atoms with Crippen molar-refractivity contribution in [3.63, 3.8) is 0 Å². The Hall–Kier alpha value is -1.02. The lowest BCUT2D eigenvalue weighted by Crippen LogP contribution is -2.58. The molecule has 1 N–H and O–H groups in total. The number of hydrogen-bond donors (Lipinski definition) is 1. The van der Waals surface area contributed by atoms with Crippen LogP contribution in [0.1, 0.15) is 57.9 Å². The summed E-state index contributed by atoms with van der Waals surface area (Å²) in [6.45, 7) is 8.06. The van der Waals surface area contributed by atoms with Crippen LogP contribution >= 0.6 is 0 Å². The zero-order valence-electron chi connectivity index (χ0n) is 13.4. The largest absolute Gasteiger partial charge is 0.497 e. The molecule has 1 saturated carbocycles. The molecule has 2 atom stereocenters. The Kier molecular flexibility index (Phi) is 5.09. The van der Waals surface area contributed by atoms with E-state index < -0.39 is 0 Å². The molecule has 1 aromatic rings. The second-order valence-corrected chi connectivity index (χ2v) is 6.01. The molecule has 1 aliphatic carbocycles. The van der Waals surface area contributed by atoms with Gasteiger partial charge < -0.3 is 10.1 Å². The maximum atomic E-state index is 5.39. The predicted octanol–water partition coefficient (Wildman–Crippen LogP) is 4.36. The molecule has 0 spiro atoms. The highest BCUT2D eigenvalue weighted by Crippen LogP contribution is 2.57. The molecule has 0 bridgehead atoms. The summed E-state index contributed by atoms with van der Waals surface area (Å²) in [6, 6.07) is 9.32. The zero-order valence-corrected chi connectivity index (χ0v) is 13.4. The molecule has 0 radical (unpaired) electrons. The quantitative estimate of drug-likeness (QED) is 0.798. The second-order valence-electron chi connectivity index (χ2n) is 6.01. The number of rotatable bonds is 7. The van der Waals surface area contributed by atoms with Gasteiger partial charge in [-0.15, -0.1) is 0 Å². The van der Waals surface area contributed by atoms with Crippen molar-refractivity contribution < 1.29 is 4.74 Å². The summed E-state index contributed by atoms with van der Waals surface area (Å²) < 4.78 is 5.39. The topological polar surface area (TPSA) is 21.3 Å². The first kappa shape index (κ1) is 15.4. The van der Waals surface area contributed by atoms with Crippen LogP contribution in [0.3, 0.4) is 0 Å². The Balaban J connectivity index is 2.19. The molecule has 0 aliphatic heterocycles. The SMILES string of the molecule is CCCNC1CC(c2cccc(OC)c2)C1(CC)CC. The summed E-state index contributed by atoms with van der Waals surface area (Å²) in [5.74, 6) is 1.65. The van der Waals surface area contributed by atoms with Gasteiger partial charge in [0.1, 0.15) is 5.75 Å². The maximum Gasteiger partial charge on any atom is 0.119 e. The number of benzene rings is 1. The third kappa shape index (κ3) is 2.58. The number of nitrogens with one attached hydrogen (secondary N) is 1. The van der Waals surface area contributed by atoms with E-state index in [-0.39, 0.29) is 0 Å². The van der Waals surface area contributed by atoms with Crippen molar-refractivity contribution in [3.8, 4) is 5.75 Å². The molecule has 2 heteroatoms. The van der Waals surface area contributed by atoms with Crippen LogP contribution in [0.25, 0.3) is 0 Å². The maximum absolute atomic E-state index is 5.39. The summed E-state index contributed by atoms with van der Waals surface area (Å²) in [4.78, 5) is 0. The average Bonchev–Trinajstić information content (AvgIpc) is 2.48. The van der Waals surface area contributed by atoms with Gasteiger partial charge in [0.2, 0.25) is 0 Å². The molecule has 20 heavy (non-hydrogen) atoms. The fraction of sp³-hybridized carbons (Fsp3) is 0.667. The van der Waals surface area contributed by atoms with E-state index in [0.29, 0.717) is 17.4 Å². The molecule has 1 aliphatic rings. The lowest BCUT2D eigenvalue weighted by Gasteiger charge is -2.57. The third-order valence-electron chi connectivity index (χ3n) is 5.31. The number of ether oxygens (including phenoxy) is 1. The van der Waals surface area contributed by atoms with Crippen LogP contribution in [0.2, 0.25) is 0 Å². The van der Waals surface area contributed by atoms with E-state index >= 15 is 0 Å². The molecule has 112 valence electrons. The summed E-state index contributed by atoms with van der Waals surface area (Å²) in [5.41, 5.74) is 1.87. The Bertz CT molecular complexity index is 425. The van der Waals surface area contributed by atoms with Crippen molar-refractivity contribution in [2.24, 2.45) is 5.41 Å². The van der Waals surface area contributed by atoms with Gasteiger partial charge in [-0.2, -0.15) is 0 Å². The van der Waals surface area contributed by atoms with Gasteiger partial charge in [-0.25, -0.2) is 0 Å². The Morgan fingerprint density at radius 1 is 1.25 bits per heavy atom. The predicted molar refractivity (Wildman–Crippen MR) is 85.4 cm³/mol. The lowest BCUT2D eigenvalue weighted by atomic mass is 9.52. The van der Waals surface area contributed by atoms with Gasteiger partial charge in [-0.1, -0.05) is 32.9 Å². The van der Waals surface area contributed by atoms with Gasteiger partial charge in [0.15, 0.2) is 0 Å². The third-order valence-corrected chi connectivity index (χ3v) is 5.31. The summed E-state index contributed by atoms with van der Waals surface area (Å²) in [7, 11) is 1.75. The van der Waals surface area contributed by atoms with Crippen molar-refractivity contribution >= 4 is 0 Å². The van der Waals surface area contributed by atoms with E-state index in [1.165, 1.54) is 31.2 Å². The highest BCUT2D eigenvalue weighted by Gasteiger charge is 2.52. The summed E-state index contributed by atoms with van der Waals surface area (Å²) >= 11 is 0. The average molecular weight is 275 g/mol. The van der Waals surface area contributed by atoms with Crippen LogP contribution in [0.4, 0.5) is 0 Å². The number of hydrogen-bond acceptors (Lipinski definition) is 2. The molecular formula is C18H29NO. The fourth-order valence-electron chi connectivity index (χ4n) is 3.95. The van der Waals surface area contributed by atoms with Gasteiger partial charge in [0.05, 0.1) is 7.11 Å². The molecule has 0 heterocycles. The first-order valence-corrected chi connectivity index (χ1v) is 8.09. The van der Waals surface area contributed by atoms with Crippen LogP contribution in [0.15, 0.2) is 24.3 Å². The van der Waals surface area contributed by atoms with Gasteiger partial charge >= 0.3 is 0 Å². The van der Waals surface area contributed by atoms with Crippen molar-refractivity contribution in [3.05, 3.63) is 29.8 Å². The van der Waals surface area contributed by atoms with E-state index in [9.17, 15) is 0 Å². The molecule has 1 fully saturated rings. The van der Waals surface area contributed by atoms with Crippen LogP contribution in [0.5, 0.6) is 5.75 Å². The van der Waals surface area contributed by atoms with E-state index in [1.807, 2.05) is 6.07 Å². The molecular weight excluding hydrogens is 246 g/mol. The van der Waals surface area contributed by atoms with Crippen LogP contribution in [-0.2, 0) is 0 Å². The molecule has 0 aromatic heterocycles. The monoisotopic (exact) mass is 275 g/mol. The van der Waals surface area contributed by atoms with Gasteiger partial charge in [0, 0.05) is 6.04 Å². The lowest BCUT2D eigenvalue weighted by molar-refractivity contribution is 0.0201. The Labute approximate surface area is 123 Å². The van der Waals surface area contributed by atoms with E-state index in [2.05, 4.69) is 44.3 Å². The molecule has 2 nitrogen and oxygen atoms in total. The van der Waals surface area contributed by atoms with Crippen LogP contribution in [-0.4, -0.2) is 19.7 Å². The molecule has 1 aromatic carbocycles. The first-order chi connectivity index (χ1) is 9.71. The van der Waals surface area contributed by atoms with Crippen LogP contribution < -0.4 is 10.1 Å². The molecule has 2 unspecified atom stereocenters. The second kappa shape index (κ2) is 6.62. The van der Waals surface area contributed by atoms with E-state index in [4.69, 9.17) is 4.74 Å². The van der Waals surface area contributed by atoms with Crippen molar-refractivity contribution in [2.45, 2.75) is 58.4 Å². The molecule has 0 amide bonds. The van der Waals surface area contributed by atoms with E-state index in [1.54, 1.807) is 7.11 Å². The van der Waals surface area contributed by atoms with Gasteiger partial charge in [-0.3, -0.25) is 0 Å². The summed E-state index contributed by atoms with van der Waals surface area (Å²) in [6.07, 6.45) is 4.96. The zero-order chi connectivity index (χ0) is 14.6. The normalized spacial score (nSPS) is 24.2. The Morgan fingerprint density at radius 2 is 2.00 bits per heavy atom. The molecule has 2 rings (SSSR count). The van der Waals surface area contributed by atoms with Crippen molar-refractivity contribution in [1.29, 1.82) is 0 Å². The van der Waals surface area contributed by atoms with Gasteiger partial charge in [-0.05, 0) is 61.3 Å². The van der Waals surface area contributed by atoms with Crippen molar-refractivity contribution in [1.82, 2.24) is 5.32 Å². The molecule has 0 saturated heterocycles. The minimum Gasteiger partial charge on any atom is -0.497 e. The number of methoxy groups -OCH3 is 1. The first-order valence-electron chi connectivity index (χ1n) is 8.09. The van der Waals surface area contributed by atoms with E-state index in [0.717, 1.165) is 12.3 Å². The standard InChI is InChI=1S/C18H29NO/c1-5-11-19-17-13-16(18(17,6-2)7-3)14-9-8-10-15(12-14)20-4/h8-10,12,16-17,19H,5-7,11,13H2,1-4H3. The Morgan fingerprint density at radius 3 is 2.60 bits per heavy atom. The minimum absolute atomic E-state index is 0.418. The minimum atomic E-state index is 0.418. The fourth-order valence-corrected chi connectivity index (χ4v) is 3.95. The van der Waals surface area contributed by atoms with Crippen LogP contribution in [0, 0.1) is 5.41 Å². The van der Waals surface area contributed by atoms with Crippen molar-refractivity contribution in [2.75, 3.05) is 13.7 Å². The van der Waals surface area contributed by atoms with Gasteiger partial charge in [0.25, 0.3) is 0 Å².